The Morgan fingerprint density at radius 3 is 2.41 bits per heavy atom. The average molecular weight is 459 g/mol. The summed E-state index contributed by atoms with van der Waals surface area (Å²) in [6, 6.07) is 16.9. The topological polar surface area (TPSA) is 88.8 Å². The number of sulfonamides is 1. The van der Waals surface area contributed by atoms with E-state index >= 15 is 0 Å². The smallest absolute Gasteiger partial charge is 0.289 e. The van der Waals surface area contributed by atoms with Crippen molar-refractivity contribution in [2.75, 3.05) is 13.1 Å². The van der Waals surface area contributed by atoms with E-state index in [4.69, 9.17) is 9.15 Å². The fourth-order valence-electron chi connectivity index (χ4n) is 3.50. The SMILES string of the molecule is O=C(c1ccc(COc2ccc(F)cc2)o1)N1CCC(NS(=O)(=O)c2ccccc2)CC1. The second-order valence-corrected chi connectivity index (χ2v) is 9.22. The largest absolute Gasteiger partial charge is 0.486 e. The van der Waals surface area contributed by atoms with E-state index < -0.39 is 10.0 Å². The van der Waals surface area contributed by atoms with Crippen molar-refractivity contribution in [3.05, 3.63) is 84.1 Å². The fraction of sp³-hybridized carbons (Fsp3) is 0.261. The van der Waals surface area contributed by atoms with Gasteiger partial charge in [-0.05, 0) is 61.4 Å². The summed E-state index contributed by atoms with van der Waals surface area (Å²) in [6.07, 6.45) is 1.03. The summed E-state index contributed by atoms with van der Waals surface area (Å²) in [5.74, 6) is 0.576. The third-order valence-electron chi connectivity index (χ3n) is 5.22. The van der Waals surface area contributed by atoms with Gasteiger partial charge in [0.25, 0.3) is 5.91 Å². The van der Waals surface area contributed by atoms with Crippen LogP contribution in [0.4, 0.5) is 4.39 Å². The zero-order chi connectivity index (χ0) is 22.6. The van der Waals surface area contributed by atoms with Crippen molar-refractivity contribution in [2.45, 2.75) is 30.4 Å². The van der Waals surface area contributed by atoms with Crippen molar-refractivity contribution in [1.82, 2.24) is 9.62 Å². The number of hydrogen-bond donors (Lipinski definition) is 1. The first-order valence-electron chi connectivity index (χ1n) is 10.2. The van der Waals surface area contributed by atoms with Crippen LogP contribution in [0.3, 0.4) is 0 Å². The number of halogens is 1. The maximum atomic E-state index is 13.0. The van der Waals surface area contributed by atoms with Crippen LogP contribution in [-0.4, -0.2) is 38.4 Å². The minimum absolute atomic E-state index is 0.113. The van der Waals surface area contributed by atoms with Crippen LogP contribution in [0.15, 0.2) is 76.0 Å². The summed E-state index contributed by atoms with van der Waals surface area (Å²) in [5.41, 5.74) is 0. The molecule has 1 aromatic heterocycles. The number of nitrogens with zero attached hydrogens (tertiary/aromatic N) is 1. The van der Waals surface area contributed by atoms with Crippen molar-refractivity contribution in [3.8, 4) is 5.75 Å². The number of benzene rings is 2. The number of carbonyl (C=O) groups is 1. The van der Waals surface area contributed by atoms with Crippen molar-refractivity contribution in [3.63, 3.8) is 0 Å². The van der Waals surface area contributed by atoms with Gasteiger partial charge in [0, 0.05) is 19.1 Å². The predicted octanol–water partition coefficient (Wildman–Crippen LogP) is 3.58. The van der Waals surface area contributed by atoms with Crippen molar-refractivity contribution in [2.24, 2.45) is 0 Å². The van der Waals surface area contributed by atoms with Crippen LogP contribution in [0.2, 0.25) is 0 Å². The summed E-state index contributed by atoms with van der Waals surface area (Å²) < 4.78 is 51.8. The van der Waals surface area contributed by atoms with E-state index in [9.17, 15) is 17.6 Å². The molecule has 2 aromatic carbocycles. The van der Waals surface area contributed by atoms with Gasteiger partial charge < -0.3 is 14.1 Å². The van der Waals surface area contributed by atoms with Gasteiger partial charge in [0.1, 0.15) is 23.9 Å². The lowest BCUT2D eigenvalue weighted by Crippen LogP contribution is -2.46. The maximum absolute atomic E-state index is 13.0. The Kier molecular flexibility index (Phi) is 6.57. The second-order valence-electron chi connectivity index (χ2n) is 7.51. The van der Waals surface area contributed by atoms with E-state index in [1.807, 2.05) is 0 Å². The third kappa shape index (κ3) is 5.35. The highest BCUT2D eigenvalue weighted by Gasteiger charge is 2.28. The van der Waals surface area contributed by atoms with E-state index in [0.29, 0.717) is 37.4 Å². The molecule has 0 atom stereocenters. The molecule has 1 amide bonds. The Morgan fingerprint density at radius 2 is 1.72 bits per heavy atom. The van der Waals surface area contributed by atoms with Crippen molar-refractivity contribution in [1.29, 1.82) is 0 Å². The summed E-state index contributed by atoms with van der Waals surface area (Å²) in [7, 11) is -3.58. The highest BCUT2D eigenvalue weighted by Crippen LogP contribution is 2.19. The molecule has 0 radical (unpaired) electrons. The van der Waals surface area contributed by atoms with E-state index in [-0.39, 0.29) is 35.0 Å². The molecular weight excluding hydrogens is 435 g/mol. The number of nitrogens with one attached hydrogen (secondary N) is 1. The summed E-state index contributed by atoms with van der Waals surface area (Å²) in [4.78, 5) is 14.6. The van der Waals surface area contributed by atoms with E-state index in [1.165, 1.54) is 24.3 Å². The van der Waals surface area contributed by atoms with E-state index in [0.717, 1.165) is 0 Å². The molecule has 32 heavy (non-hydrogen) atoms. The minimum atomic E-state index is -3.58. The number of piperidine rings is 1. The average Bonchev–Trinajstić information content (AvgIpc) is 3.28. The molecule has 3 aromatic rings. The van der Waals surface area contributed by atoms with Gasteiger partial charge in [-0.1, -0.05) is 18.2 Å². The molecule has 9 heteroatoms. The zero-order valence-electron chi connectivity index (χ0n) is 17.2. The lowest BCUT2D eigenvalue weighted by atomic mass is 10.1. The Labute approximate surface area is 185 Å². The highest BCUT2D eigenvalue weighted by molar-refractivity contribution is 7.89. The molecular formula is C23H23FN2O5S. The van der Waals surface area contributed by atoms with Gasteiger partial charge in [-0.25, -0.2) is 17.5 Å². The standard InChI is InChI=1S/C23H23FN2O5S/c24-17-6-8-19(9-7-17)30-16-20-10-11-22(31-20)23(27)26-14-12-18(13-15-26)25-32(28,29)21-4-2-1-3-5-21/h1-11,18,25H,12-16H2. The summed E-state index contributed by atoms with van der Waals surface area (Å²) in [6.45, 7) is 0.952. The lowest BCUT2D eigenvalue weighted by Gasteiger charge is -2.31. The summed E-state index contributed by atoms with van der Waals surface area (Å²) >= 11 is 0. The van der Waals surface area contributed by atoms with E-state index in [1.54, 1.807) is 47.4 Å². The highest BCUT2D eigenvalue weighted by atomic mass is 32.2. The van der Waals surface area contributed by atoms with Gasteiger partial charge in [-0.15, -0.1) is 0 Å². The van der Waals surface area contributed by atoms with Crippen LogP contribution < -0.4 is 9.46 Å². The second kappa shape index (κ2) is 9.54. The third-order valence-corrected chi connectivity index (χ3v) is 6.76. The predicted molar refractivity (Wildman–Crippen MR) is 115 cm³/mol. The molecule has 0 bridgehead atoms. The Bertz CT molecular complexity index is 1150. The van der Waals surface area contributed by atoms with E-state index in [2.05, 4.69) is 4.72 Å². The minimum Gasteiger partial charge on any atom is -0.486 e. The first kappa shape index (κ1) is 22.0. The first-order valence-corrected chi connectivity index (χ1v) is 11.7. The Morgan fingerprint density at radius 1 is 1.03 bits per heavy atom. The number of rotatable bonds is 7. The fourth-order valence-corrected chi connectivity index (χ4v) is 4.83. The molecule has 168 valence electrons. The molecule has 0 saturated carbocycles. The van der Waals surface area contributed by atoms with Gasteiger partial charge in [0.15, 0.2) is 5.76 Å². The number of likely N-dealkylation sites (tertiary alicyclic amines) is 1. The van der Waals surface area contributed by atoms with Crippen LogP contribution in [-0.2, 0) is 16.6 Å². The molecule has 2 heterocycles. The van der Waals surface area contributed by atoms with Crippen molar-refractivity contribution >= 4 is 15.9 Å². The van der Waals surface area contributed by atoms with Crippen molar-refractivity contribution < 1.29 is 26.8 Å². The molecule has 0 unspecified atom stereocenters. The number of amides is 1. The zero-order valence-corrected chi connectivity index (χ0v) is 18.1. The summed E-state index contributed by atoms with van der Waals surface area (Å²) in [5, 5.41) is 0. The molecule has 1 fully saturated rings. The van der Waals surface area contributed by atoms with Gasteiger partial charge in [-0.2, -0.15) is 0 Å². The molecule has 0 aliphatic carbocycles. The molecule has 4 rings (SSSR count). The van der Waals surface area contributed by atoms with Crippen LogP contribution in [0.1, 0.15) is 29.2 Å². The molecule has 1 saturated heterocycles. The number of hydrogen-bond acceptors (Lipinski definition) is 5. The van der Waals surface area contributed by atoms with Gasteiger partial charge in [-0.3, -0.25) is 4.79 Å². The van der Waals surface area contributed by atoms with Gasteiger partial charge in [0.2, 0.25) is 10.0 Å². The molecule has 1 aliphatic heterocycles. The van der Waals surface area contributed by atoms with Crippen LogP contribution >= 0.6 is 0 Å². The Hall–Kier alpha value is -3.17. The van der Waals surface area contributed by atoms with Gasteiger partial charge >= 0.3 is 0 Å². The molecule has 1 aliphatic rings. The molecule has 1 N–H and O–H groups in total. The number of furan rings is 1. The van der Waals surface area contributed by atoms with Crippen LogP contribution in [0, 0.1) is 5.82 Å². The normalized spacial score (nSPS) is 15.0. The lowest BCUT2D eigenvalue weighted by molar-refractivity contribution is 0.0675. The quantitative estimate of drug-likeness (QED) is 0.585. The Balaban J connectivity index is 1.28. The number of ether oxygens (including phenoxy) is 1. The van der Waals surface area contributed by atoms with Crippen LogP contribution in [0.25, 0.3) is 0 Å². The monoisotopic (exact) mass is 458 g/mol. The molecule has 0 spiro atoms. The molecule has 7 nitrogen and oxygen atoms in total. The maximum Gasteiger partial charge on any atom is 0.289 e. The number of carbonyl (C=O) groups excluding carboxylic acids is 1. The first-order chi connectivity index (χ1) is 15.4. The van der Waals surface area contributed by atoms with Crippen LogP contribution in [0.5, 0.6) is 5.75 Å². The van der Waals surface area contributed by atoms with Gasteiger partial charge in [0.05, 0.1) is 4.90 Å².